The van der Waals surface area contributed by atoms with E-state index < -0.39 is 8.25 Å². The van der Waals surface area contributed by atoms with Gasteiger partial charge in [-0.05, 0) is 6.42 Å². The zero-order valence-electron chi connectivity index (χ0n) is 15.7. The SMILES string of the molecule is CCCCCCCCCCCCCCCCCCO[P+](=O)O.[Na]. The van der Waals surface area contributed by atoms with E-state index in [1.54, 1.807) is 0 Å². The van der Waals surface area contributed by atoms with Crippen molar-refractivity contribution in [1.29, 1.82) is 0 Å². The number of hydrogen-bond donors (Lipinski definition) is 1. The van der Waals surface area contributed by atoms with Crippen LogP contribution in [0.25, 0.3) is 0 Å². The third-order valence-electron chi connectivity index (χ3n) is 4.20. The fraction of sp³-hybridized carbons (Fsp3) is 1.00. The van der Waals surface area contributed by atoms with Crippen LogP contribution < -0.4 is 0 Å². The molecule has 0 aliphatic heterocycles. The fourth-order valence-electron chi connectivity index (χ4n) is 2.79. The average Bonchev–Trinajstić information content (AvgIpc) is 2.50. The third kappa shape index (κ3) is 25.4. The molecular formula is C18H38NaO3P+. The molecule has 0 fully saturated rings. The van der Waals surface area contributed by atoms with Gasteiger partial charge in [-0.25, -0.2) is 0 Å². The second-order valence-corrected chi connectivity index (χ2v) is 7.11. The molecular weight excluding hydrogens is 318 g/mol. The van der Waals surface area contributed by atoms with Crippen LogP contribution in [0.1, 0.15) is 110 Å². The number of unbranched alkanes of at least 4 members (excludes halogenated alkanes) is 15. The quantitative estimate of drug-likeness (QED) is 0.172. The summed E-state index contributed by atoms with van der Waals surface area (Å²) in [5, 5.41) is 0. The number of rotatable bonds is 18. The molecule has 0 bridgehead atoms. The van der Waals surface area contributed by atoms with Crippen molar-refractivity contribution in [2.24, 2.45) is 0 Å². The van der Waals surface area contributed by atoms with Crippen molar-refractivity contribution in [2.45, 2.75) is 110 Å². The first-order valence-electron chi connectivity index (χ1n) is 9.56. The Balaban J connectivity index is 0. The Bertz CT molecular complexity index is 240. The summed E-state index contributed by atoms with van der Waals surface area (Å²) in [7, 11) is -2.39. The van der Waals surface area contributed by atoms with E-state index in [4.69, 9.17) is 4.89 Å². The van der Waals surface area contributed by atoms with Crippen LogP contribution in [0, 0.1) is 0 Å². The topological polar surface area (TPSA) is 46.5 Å². The second-order valence-electron chi connectivity index (χ2n) is 6.37. The molecule has 1 radical (unpaired) electrons. The van der Waals surface area contributed by atoms with Crippen LogP contribution in [0.3, 0.4) is 0 Å². The Morgan fingerprint density at radius 2 is 0.957 bits per heavy atom. The van der Waals surface area contributed by atoms with Gasteiger partial charge < -0.3 is 0 Å². The molecule has 0 aromatic carbocycles. The predicted molar refractivity (Wildman–Crippen MR) is 101 cm³/mol. The van der Waals surface area contributed by atoms with E-state index in [1.165, 1.54) is 89.9 Å². The summed E-state index contributed by atoms with van der Waals surface area (Å²) >= 11 is 0. The molecule has 3 nitrogen and oxygen atoms in total. The molecule has 0 saturated carbocycles. The van der Waals surface area contributed by atoms with Crippen molar-refractivity contribution >= 4 is 37.8 Å². The maximum atomic E-state index is 10.3. The maximum Gasteiger partial charge on any atom is 0.694 e. The van der Waals surface area contributed by atoms with Gasteiger partial charge in [-0.15, -0.1) is 9.42 Å². The Labute approximate surface area is 167 Å². The van der Waals surface area contributed by atoms with Gasteiger partial charge in [0.15, 0.2) is 0 Å². The summed E-state index contributed by atoms with van der Waals surface area (Å²) < 4.78 is 14.9. The molecule has 5 heteroatoms. The molecule has 0 aliphatic carbocycles. The largest absolute Gasteiger partial charge is 0.694 e. The van der Waals surface area contributed by atoms with Gasteiger partial charge >= 0.3 is 8.25 Å². The van der Waals surface area contributed by atoms with E-state index in [0.717, 1.165) is 12.8 Å². The van der Waals surface area contributed by atoms with Crippen molar-refractivity contribution in [1.82, 2.24) is 0 Å². The van der Waals surface area contributed by atoms with Gasteiger partial charge in [0, 0.05) is 34.1 Å². The van der Waals surface area contributed by atoms with Crippen LogP contribution in [0.4, 0.5) is 0 Å². The Morgan fingerprint density at radius 1 is 0.652 bits per heavy atom. The summed E-state index contributed by atoms with van der Waals surface area (Å²) in [6, 6.07) is 0. The van der Waals surface area contributed by atoms with Crippen LogP contribution in [0.15, 0.2) is 0 Å². The zero-order valence-corrected chi connectivity index (χ0v) is 18.6. The first kappa shape index (κ1) is 26.3. The minimum absolute atomic E-state index is 0. The monoisotopic (exact) mass is 356 g/mol. The molecule has 0 aromatic heterocycles. The smallest absolute Gasteiger partial charge is 0.133 e. The average molecular weight is 356 g/mol. The Morgan fingerprint density at radius 3 is 1.26 bits per heavy atom. The van der Waals surface area contributed by atoms with Crippen LogP contribution >= 0.6 is 8.25 Å². The van der Waals surface area contributed by atoms with Crippen LogP contribution in [0.2, 0.25) is 0 Å². The van der Waals surface area contributed by atoms with Crippen LogP contribution in [0.5, 0.6) is 0 Å². The van der Waals surface area contributed by atoms with Crippen LogP contribution in [-0.2, 0) is 9.09 Å². The van der Waals surface area contributed by atoms with Gasteiger partial charge in [-0.3, -0.25) is 0 Å². The molecule has 133 valence electrons. The predicted octanol–water partition coefficient (Wildman–Crippen LogP) is 6.53. The Hall–Kier alpha value is 1.02. The van der Waals surface area contributed by atoms with Gasteiger partial charge in [0.1, 0.15) is 6.61 Å². The minimum atomic E-state index is -2.39. The third-order valence-corrected chi connectivity index (χ3v) is 4.60. The van der Waals surface area contributed by atoms with Gasteiger partial charge in [0.25, 0.3) is 0 Å². The van der Waals surface area contributed by atoms with Crippen molar-refractivity contribution < 1.29 is 14.0 Å². The first-order chi connectivity index (χ1) is 10.8. The molecule has 1 unspecified atom stereocenters. The van der Waals surface area contributed by atoms with Crippen molar-refractivity contribution in [2.75, 3.05) is 6.61 Å². The van der Waals surface area contributed by atoms with E-state index in [2.05, 4.69) is 11.4 Å². The van der Waals surface area contributed by atoms with E-state index in [-0.39, 0.29) is 29.6 Å². The minimum Gasteiger partial charge on any atom is -0.133 e. The first-order valence-corrected chi connectivity index (χ1v) is 10.7. The molecule has 1 N–H and O–H groups in total. The van der Waals surface area contributed by atoms with Crippen molar-refractivity contribution in [3.05, 3.63) is 0 Å². The summed E-state index contributed by atoms with van der Waals surface area (Å²) in [5.74, 6) is 0. The van der Waals surface area contributed by atoms with Gasteiger partial charge in [0.05, 0.1) is 0 Å². The summed E-state index contributed by atoms with van der Waals surface area (Å²) in [6.45, 7) is 2.69. The molecule has 0 spiro atoms. The zero-order chi connectivity index (χ0) is 16.3. The van der Waals surface area contributed by atoms with Crippen molar-refractivity contribution in [3.8, 4) is 0 Å². The van der Waals surface area contributed by atoms with Gasteiger partial charge in [-0.1, -0.05) is 103 Å². The van der Waals surface area contributed by atoms with E-state index in [1.807, 2.05) is 0 Å². The van der Waals surface area contributed by atoms with Crippen molar-refractivity contribution in [3.63, 3.8) is 0 Å². The summed E-state index contributed by atoms with van der Waals surface area (Å²) in [6.07, 6.45) is 21.4. The summed E-state index contributed by atoms with van der Waals surface area (Å²) in [5.41, 5.74) is 0. The molecule has 0 aromatic rings. The van der Waals surface area contributed by atoms with E-state index >= 15 is 0 Å². The van der Waals surface area contributed by atoms with E-state index in [0.29, 0.717) is 6.61 Å². The molecule has 0 aliphatic rings. The molecule has 0 rings (SSSR count). The molecule has 23 heavy (non-hydrogen) atoms. The van der Waals surface area contributed by atoms with Crippen LogP contribution in [-0.4, -0.2) is 41.1 Å². The molecule has 1 atom stereocenters. The number of hydrogen-bond acceptors (Lipinski definition) is 2. The molecule has 0 amide bonds. The second kappa shape index (κ2) is 23.0. The fourth-order valence-corrected chi connectivity index (χ4v) is 3.08. The van der Waals surface area contributed by atoms with Gasteiger partial charge in [-0.2, -0.15) is 0 Å². The molecule has 0 heterocycles. The Kier molecular flexibility index (Phi) is 26.3. The standard InChI is InChI=1S/C18H37O3P.Na/c1-2-3-4-5-6-7-8-9-10-11-12-13-14-15-16-17-18-21-22(19)20;/h2-18H2,1H3;/p+1. The summed E-state index contributed by atoms with van der Waals surface area (Å²) in [4.78, 5) is 8.46. The maximum absolute atomic E-state index is 10.3. The van der Waals surface area contributed by atoms with Gasteiger partial charge in [0.2, 0.25) is 0 Å². The van der Waals surface area contributed by atoms with E-state index in [9.17, 15) is 4.57 Å². The normalized spacial score (nSPS) is 11.3. The molecule has 0 saturated heterocycles.